The predicted molar refractivity (Wildman–Crippen MR) is 57.3 cm³/mol. The van der Waals surface area contributed by atoms with Gasteiger partial charge in [0.15, 0.2) is 0 Å². The Morgan fingerprint density at radius 3 is 2.00 bits per heavy atom. The molecule has 0 amide bonds. The quantitative estimate of drug-likeness (QED) is 0.653. The van der Waals surface area contributed by atoms with E-state index in [1.807, 2.05) is 42.5 Å². The number of hydrogen-bond donors (Lipinski definition) is 0. The summed E-state index contributed by atoms with van der Waals surface area (Å²) in [6, 6.07) is 17.0. The second kappa shape index (κ2) is 3.88. The third kappa shape index (κ3) is 1.72. The summed E-state index contributed by atoms with van der Waals surface area (Å²) in [5, 5.41) is 0. The maximum atomic E-state index is 10.8. The van der Waals surface area contributed by atoms with Crippen molar-refractivity contribution in [2.75, 3.05) is 0 Å². The van der Waals surface area contributed by atoms with E-state index in [-0.39, 0.29) is 0 Å². The maximum Gasteiger partial charge on any atom is 0.150 e. The zero-order valence-corrected chi connectivity index (χ0v) is 7.60. The van der Waals surface area contributed by atoms with Gasteiger partial charge >= 0.3 is 0 Å². The molecule has 0 aromatic heterocycles. The van der Waals surface area contributed by atoms with Crippen LogP contribution in [-0.4, -0.2) is 6.26 Å². The Bertz CT molecular complexity index is 460. The number of carbonyl (C=O) groups excluding carboxylic acids is 1. The number of hydrogen-bond acceptors (Lipinski definition) is 1. The number of rotatable bonds is 2. The van der Waals surface area contributed by atoms with E-state index in [9.17, 15) is 4.79 Å². The van der Waals surface area contributed by atoms with Crippen molar-refractivity contribution in [1.82, 2.24) is 0 Å². The summed E-state index contributed by atoms with van der Waals surface area (Å²) < 4.78 is 6.95. The van der Waals surface area contributed by atoms with Crippen LogP contribution in [0.15, 0.2) is 54.6 Å². The minimum absolute atomic E-state index is 0.426. The van der Waals surface area contributed by atoms with Crippen molar-refractivity contribution in [2.24, 2.45) is 0 Å². The lowest BCUT2D eigenvalue weighted by Gasteiger charge is -2.00. The highest BCUT2D eigenvalue weighted by atomic mass is 16.1. The van der Waals surface area contributed by atoms with Crippen LogP contribution >= 0.6 is 0 Å². The van der Waals surface area contributed by atoms with Crippen LogP contribution in [0, 0.1) is 0 Å². The summed E-state index contributed by atoms with van der Waals surface area (Å²) in [7, 11) is 0. The van der Waals surface area contributed by atoms with Crippen LogP contribution in [0.4, 0.5) is 0 Å². The molecule has 0 heterocycles. The summed E-state index contributed by atoms with van der Waals surface area (Å²) in [5.41, 5.74) is 2.59. The zero-order chi connectivity index (χ0) is 10.7. The first kappa shape index (κ1) is 7.51. The van der Waals surface area contributed by atoms with Gasteiger partial charge in [0.05, 0.1) is 0 Å². The Balaban J connectivity index is 2.36. The first-order valence-electron chi connectivity index (χ1n) is 4.94. The van der Waals surface area contributed by atoms with E-state index in [0.717, 1.165) is 11.1 Å². The minimum atomic E-state index is -0.644. The molecule has 0 unspecified atom stereocenters. The van der Waals surface area contributed by atoms with Crippen LogP contribution < -0.4 is 0 Å². The Morgan fingerprint density at radius 2 is 1.43 bits per heavy atom. The SMILES string of the molecule is [2H]C(=O)c1ccc(-c2ccccc2)cc1. The van der Waals surface area contributed by atoms with Crippen molar-refractivity contribution in [3.63, 3.8) is 0 Å². The lowest BCUT2D eigenvalue weighted by atomic mass is 10.0. The fraction of sp³-hybridized carbons (Fsp3) is 0. The average molecular weight is 183 g/mol. The molecule has 0 saturated carbocycles. The van der Waals surface area contributed by atoms with E-state index >= 15 is 0 Å². The maximum absolute atomic E-state index is 10.8. The predicted octanol–water partition coefficient (Wildman–Crippen LogP) is 3.17. The van der Waals surface area contributed by atoms with Gasteiger partial charge in [-0.15, -0.1) is 0 Å². The van der Waals surface area contributed by atoms with Gasteiger partial charge in [-0.05, 0) is 11.1 Å². The van der Waals surface area contributed by atoms with E-state index in [2.05, 4.69) is 0 Å². The topological polar surface area (TPSA) is 17.1 Å². The molecule has 2 aromatic carbocycles. The highest BCUT2D eigenvalue weighted by molar-refractivity contribution is 5.76. The van der Waals surface area contributed by atoms with Gasteiger partial charge in [-0.3, -0.25) is 4.79 Å². The molecule has 0 radical (unpaired) electrons. The zero-order valence-electron chi connectivity index (χ0n) is 8.60. The molecule has 0 aliphatic heterocycles. The van der Waals surface area contributed by atoms with Crippen LogP contribution in [-0.2, 0) is 0 Å². The highest BCUT2D eigenvalue weighted by Crippen LogP contribution is 2.18. The first-order chi connectivity index (χ1) is 7.27. The van der Waals surface area contributed by atoms with Gasteiger partial charge in [0.2, 0.25) is 0 Å². The highest BCUT2D eigenvalue weighted by Gasteiger charge is 1.95. The van der Waals surface area contributed by atoms with E-state index in [4.69, 9.17) is 1.37 Å². The summed E-state index contributed by atoms with van der Waals surface area (Å²) in [4.78, 5) is 10.8. The minimum Gasteiger partial charge on any atom is -0.298 e. The molecule has 0 aliphatic rings. The van der Waals surface area contributed by atoms with Crippen LogP contribution in [0.1, 0.15) is 11.7 Å². The van der Waals surface area contributed by atoms with Crippen molar-refractivity contribution in [1.29, 1.82) is 0 Å². The molecule has 2 aromatic rings. The third-order valence-electron chi connectivity index (χ3n) is 2.11. The average Bonchev–Trinajstić information content (AvgIpc) is 2.30. The Kier molecular flexibility index (Phi) is 2.08. The molecule has 1 heteroatoms. The van der Waals surface area contributed by atoms with E-state index in [1.54, 1.807) is 12.1 Å². The van der Waals surface area contributed by atoms with Gasteiger partial charge in [0, 0.05) is 5.56 Å². The lowest BCUT2D eigenvalue weighted by molar-refractivity contribution is 0.112. The molecule has 0 atom stereocenters. The molecular weight excluding hydrogens is 172 g/mol. The van der Waals surface area contributed by atoms with Crippen LogP contribution in [0.2, 0.25) is 0 Å². The number of benzene rings is 2. The summed E-state index contributed by atoms with van der Waals surface area (Å²) in [5.74, 6) is 0. The standard InChI is InChI=1S/C13H10O/c14-10-11-6-8-13(9-7-11)12-4-2-1-3-5-12/h1-10H/i10D. The largest absolute Gasteiger partial charge is 0.298 e. The van der Waals surface area contributed by atoms with Crippen LogP contribution in [0.25, 0.3) is 11.1 Å². The van der Waals surface area contributed by atoms with Gasteiger partial charge in [-0.1, -0.05) is 54.6 Å². The molecule has 14 heavy (non-hydrogen) atoms. The molecular formula is C13H10O. The second-order valence-electron chi connectivity index (χ2n) is 3.05. The van der Waals surface area contributed by atoms with Crippen molar-refractivity contribution in [2.45, 2.75) is 0 Å². The first-order valence-corrected chi connectivity index (χ1v) is 4.44. The van der Waals surface area contributed by atoms with Gasteiger partial charge in [-0.25, -0.2) is 0 Å². The molecule has 2 rings (SSSR count). The van der Waals surface area contributed by atoms with Gasteiger partial charge in [0.1, 0.15) is 7.63 Å². The van der Waals surface area contributed by atoms with Crippen molar-refractivity contribution in [3.05, 3.63) is 60.2 Å². The second-order valence-corrected chi connectivity index (χ2v) is 3.05. The summed E-state index contributed by atoms with van der Waals surface area (Å²) >= 11 is 0. The van der Waals surface area contributed by atoms with Gasteiger partial charge < -0.3 is 0 Å². The van der Waals surface area contributed by atoms with E-state index in [0.29, 0.717) is 5.56 Å². The Morgan fingerprint density at radius 1 is 0.857 bits per heavy atom. The lowest BCUT2D eigenvalue weighted by Crippen LogP contribution is -1.80. The Labute approximate surface area is 84.4 Å². The van der Waals surface area contributed by atoms with E-state index in [1.165, 1.54) is 0 Å². The molecule has 0 N–H and O–H groups in total. The third-order valence-corrected chi connectivity index (χ3v) is 2.11. The molecule has 0 saturated heterocycles. The number of carbonyl (C=O) groups is 1. The molecule has 0 aliphatic carbocycles. The summed E-state index contributed by atoms with van der Waals surface area (Å²) in [6.45, 7) is 0. The Hall–Kier alpha value is -1.89. The fourth-order valence-electron chi connectivity index (χ4n) is 1.36. The van der Waals surface area contributed by atoms with Gasteiger partial charge in [-0.2, -0.15) is 0 Å². The van der Waals surface area contributed by atoms with Crippen LogP contribution in [0.5, 0.6) is 0 Å². The fourth-order valence-corrected chi connectivity index (χ4v) is 1.36. The van der Waals surface area contributed by atoms with E-state index < -0.39 is 6.26 Å². The molecule has 68 valence electrons. The molecule has 1 nitrogen and oxygen atoms in total. The molecule has 0 spiro atoms. The molecule has 0 fully saturated rings. The smallest absolute Gasteiger partial charge is 0.150 e. The van der Waals surface area contributed by atoms with Gasteiger partial charge in [0.25, 0.3) is 0 Å². The van der Waals surface area contributed by atoms with Crippen molar-refractivity contribution >= 4 is 6.26 Å². The number of aldehydes is 1. The van der Waals surface area contributed by atoms with Crippen molar-refractivity contribution < 1.29 is 6.17 Å². The normalized spacial score (nSPS) is 10.7. The monoisotopic (exact) mass is 183 g/mol. The van der Waals surface area contributed by atoms with Crippen molar-refractivity contribution in [3.8, 4) is 11.1 Å². The van der Waals surface area contributed by atoms with Crippen LogP contribution in [0.3, 0.4) is 0 Å². The summed E-state index contributed by atoms with van der Waals surface area (Å²) in [6.07, 6.45) is -0.644. The molecule has 0 bridgehead atoms.